The average molecular weight is 279 g/mol. The second-order valence-electron chi connectivity index (χ2n) is 5.09. The first-order valence-electron chi connectivity index (χ1n) is 7.38. The summed E-state index contributed by atoms with van der Waals surface area (Å²) in [6, 6.07) is 11.2. The van der Waals surface area contributed by atoms with Crippen LogP contribution < -0.4 is 5.32 Å². The normalized spacial score (nSPS) is 20.6. The second-order valence-corrected chi connectivity index (χ2v) is 6.16. The summed E-state index contributed by atoms with van der Waals surface area (Å²) in [6.07, 6.45) is 4.15. The summed E-state index contributed by atoms with van der Waals surface area (Å²) < 4.78 is 5.68. The van der Waals surface area contributed by atoms with Crippen LogP contribution in [-0.4, -0.2) is 30.8 Å². The summed E-state index contributed by atoms with van der Waals surface area (Å²) in [7, 11) is 0. The van der Waals surface area contributed by atoms with Gasteiger partial charge in [0.05, 0.1) is 6.10 Å². The lowest BCUT2D eigenvalue weighted by atomic mass is 10.1. The summed E-state index contributed by atoms with van der Waals surface area (Å²) in [4.78, 5) is 0. The van der Waals surface area contributed by atoms with E-state index in [1.807, 2.05) is 11.8 Å². The Morgan fingerprint density at radius 3 is 2.89 bits per heavy atom. The molecule has 0 spiro atoms. The Balaban J connectivity index is 1.79. The fourth-order valence-corrected chi connectivity index (χ4v) is 3.58. The molecule has 1 heterocycles. The van der Waals surface area contributed by atoms with E-state index in [0.717, 1.165) is 24.7 Å². The molecule has 2 atom stereocenters. The summed E-state index contributed by atoms with van der Waals surface area (Å²) in [5.74, 6) is 2.26. The van der Waals surface area contributed by atoms with Crippen LogP contribution in [0.5, 0.6) is 0 Å². The van der Waals surface area contributed by atoms with Crippen LogP contribution in [0.1, 0.15) is 37.8 Å². The lowest BCUT2D eigenvalue weighted by Gasteiger charge is -2.19. The molecule has 1 aromatic carbocycles. The van der Waals surface area contributed by atoms with Crippen molar-refractivity contribution in [1.82, 2.24) is 5.32 Å². The summed E-state index contributed by atoms with van der Waals surface area (Å²) >= 11 is 2.02. The van der Waals surface area contributed by atoms with E-state index in [2.05, 4.69) is 42.6 Å². The first-order chi connectivity index (χ1) is 9.40. The third-order valence-corrected chi connectivity index (χ3v) is 4.63. The third-order valence-electron chi connectivity index (χ3n) is 3.45. The molecule has 0 aliphatic carbocycles. The summed E-state index contributed by atoms with van der Waals surface area (Å²) in [5, 5.41) is 3.65. The van der Waals surface area contributed by atoms with Crippen molar-refractivity contribution in [2.24, 2.45) is 0 Å². The summed E-state index contributed by atoms with van der Waals surface area (Å²) in [6.45, 7) is 4.26. The number of hydrogen-bond donors (Lipinski definition) is 1. The number of hydrogen-bond acceptors (Lipinski definition) is 3. The predicted octanol–water partition coefficient (Wildman–Crippen LogP) is 3.64. The zero-order chi connectivity index (χ0) is 13.3. The molecule has 0 bridgehead atoms. The molecule has 106 valence electrons. The molecule has 0 aromatic heterocycles. The molecular formula is C16H25NOS. The van der Waals surface area contributed by atoms with Gasteiger partial charge in [0.2, 0.25) is 0 Å². The van der Waals surface area contributed by atoms with Crippen molar-refractivity contribution < 1.29 is 4.74 Å². The maximum Gasteiger partial charge on any atom is 0.0666 e. The van der Waals surface area contributed by atoms with Gasteiger partial charge in [0.1, 0.15) is 0 Å². The van der Waals surface area contributed by atoms with Gasteiger partial charge in [-0.3, -0.25) is 0 Å². The molecule has 1 aliphatic rings. The molecule has 0 radical (unpaired) electrons. The fourth-order valence-electron chi connectivity index (χ4n) is 2.37. The van der Waals surface area contributed by atoms with Gasteiger partial charge in [-0.25, -0.2) is 0 Å². The Morgan fingerprint density at radius 2 is 2.21 bits per heavy atom. The highest BCUT2D eigenvalue weighted by molar-refractivity contribution is 7.99. The number of rotatable bonds is 8. The highest BCUT2D eigenvalue weighted by Crippen LogP contribution is 2.22. The van der Waals surface area contributed by atoms with Gasteiger partial charge in [-0.2, -0.15) is 11.8 Å². The van der Waals surface area contributed by atoms with Crippen LogP contribution in [0.4, 0.5) is 0 Å². The Morgan fingerprint density at radius 1 is 1.37 bits per heavy atom. The van der Waals surface area contributed by atoms with Gasteiger partial charge in [0.15, 0.2) is 0 Å². The molecule has 1 saturated heterocycles. The lowest BCUT2D eigenvalue weighted by molar-refractivity contribution is 0.129. The topological polar surface area (TPSA) is 21.3 Å². The van der Waals surface area contributed by atoms with E-state index in [9.17, 15) is 0 Å². The zero-order valence-corrected chi connectivity index (χ0v) is 12.6. The average Bonchev–Trinajstić information content (AvgIpc) is 2.97. The molecule has 1 N–H and O–H groups in total. The van der Waals surface area contributed by atoms with Crippen molar-refractivity contribution >= 4 is 11.8 Å². The van der Waals surface area contributed by atoms with Gasteiger partial charge < -0.3 is 10.1 Å². The first-order valence-corrected chi connectivity index (χ1v) is 8.53. The highest BCUT2D eigenvalue weighted by atomic mass is 32.2. The number of thioether (sulfide) groups is 1. The van der Waals surface area contributed by atoms with Crippen LogP contribution >= 0.6 is 11.8 Å². The molecule has 1 fully saturated rings. The Hall–Kier alpha value is -0.510. The zero-order valence-electron chi connectivity index (χ0n) is 11.8. The van der Waals surface area contributed by atoms with Crippen molar-refractivity contribution in [3.63, 3.8) is 0 Å². The van der Waals surface area contributed by atoms with E-state index in [1.54, 1.807) is 0 Å². The Labute approximate surface area is 121 Å². The second kappa shape index (κ2) is 8.62. The minimum absolute atomic E-state index is 0.465. The summed E-state index contributed by atoms with van der Waals surface area (Å²) in [5.41, 5.74) is 1.40. The Kier molecular flexibility index (Phi) is 6.75. The molecule has 0 saturated carbocycles. The maximum atomic E-state index is 5.68. The lowest BCUT2D eigenvalue weighted by Crippen LogP contribution is -2.24. The molecule has 0 amide bonds. The van der Waals surface area contributed by atoms with Crippen LogP contribution in [-0.2, 0) is 4.74 Å². The maximum absolute atomic E-state index is 5.68. The van der Waals surface area contributed by atoms with Gasteiger partial charge >= 0.3 is 0 Å². The molecule has 2 unspecified atom stereocenters. The van der Waals surface area contributed by atoms with E-state index in [0.29, 0.717) is 12.1 Å². The van der Waals surface area contributed by atoms with Crippen molar-refractivity contribution in [3.8, 4) is 0 Å². The first kappa shape index (κ1) is 14.9. The largest absolute Gasteiger partial charge is 0.377 e. The molecule has 1 aromatic rings. The highest BCUT2D eigenvalue weighted by Gasteiger charge is 2.17. The Bertz CT molecular complexity index is 338. The SMILES string of the molecule is CCCNC(CSCC1CCCO1)c1ccccc1. The van der Waals surface area contributed by atoms with Gasteiger partial charge in [-0.1, -0.05) is 37.3 Å². The van der Waals surface area contributed by atoms with Gasteiger partial charge in [-0.15, -0.1) is 0 Å². The molecular weight excluding hydrogens is 254 g/mol. The van der Waals surface area contributed by atoms with Crippen LogP contribution in [0.2, 0.25) is 0 Å². The van der Waals surface area contributed by atoms with Crippen LogP contribution in [0.25, 0.3) is 0 Å². The van der Waals surface area contributed by atoms with Gasteiger partial charge in [0.25, 0.3) is 0 Å². The third kappa shape index (κ3) is 5.17. The van der Waals surface area contributed by atoms with Gasteiger partial charge in [-0.05, 0) is 31.4 Å². The number of benzene rings is 1. The van der Waals surface area contributed by atoms with E-state index in [1.165, 1.54) is 24.8 Å². The number of ether oxygens (including phenoxy) is 1. The molecule has 3 heteroatoms. The van der Waals surface area contributed by atoms with Crippen molar-refractivity contribution in [2.45, 2.75) is 38.3 Å². The van der Waals surface area contributed by atoms with Crippen LogP contribution in [0, 0.1) is 0 Å². The molecule has 2 nitrogen and oxygen atoms in total. The van der Waals surface area contributed by atoms with Crippen LogP contribution in [0.15, 0.2) is 30.3 Å². The van der Waals surface area contributed by atoms with E-state index in [4.69, 9.17) is 4.74 Å². The van der Waals surface area contributed by atoms with E-state index in [-0.39, 0.29) is 0 Å². The quantitative estimate of drug-likeness (QED) is 0.785. The molecule has 2 rings (SSSR count). The van der Waals surface area contributed by atoms with Gasteiger partial charge in [0, 0.05) is 24.2 Å². The van der Waals surface area contributed by atoms with Crippen LogP contribution in [0.3, 0.4) is 0 Å². The fraction of sp³-hybridized carbons (Fsp3) is 0.625. The van der Waals surface area contributed by atoms with Crippen molar-refractivity contribution in [2.75, 3.05) is 24.7 Å². The standard InChI is InChI=1S/C16H25NOS/c1-2-10-17-16(14-7-4-3-5-8-14)13-19-12-15-9-6-11-18-15/h3-5,7-8,15-17H,2,6,9-13H2,1H3. The predicted molar refractivity (Wildman–Crippen MR) is 83.8 cm³/mol. The smallest absolute Gasteiger partial charge is 0.0666 e. The van der Waals surface area contributed by atoms with Crippen molar-refractivity contribution in [3.05, 3.63) is 35.9 Å². The van der Waals surface area contributed by atoms with E-state index < -0.39 is 0 Å². The van der Waals surface area contributed by atoms with Crippen molar-refractivity contribution in [1.29, 1.82) is 0 Å². The monoisotopic (exact) mass is 279 g/mol. The minimum atomic E-state index is 0.465. The molecule has 1 aliphatic heterocycles. The molecule has 19 heavy (non-hydrogen) atoms. The minimum Gasteiger partial charge on any atom is -0.377 e. The number of nitrogens with one attached hydrogen (secondary N) is 1. The van der Waals surface area contributed by atoms with E-state index >= 15 is 0 Å².